The summed E-state index contributed by atoms with van der Waals surface area (Å²) in [5, 5.41) is 2.64. The number of ether oxygens (including phenoxy) is 3. The number of methoxy groups -OCH3 is 2. The van der Waals surface area contributed by atoms with Crippen LogP contribution < -0.4 is 25.6 Å². The molecule has 0 aliphatic carbocycles. The molecule has 1 unspecified atom stereocenters. The maximum Gasteiger partial charge on any atom is 0.329 e. The van der Waals surface area contributed by atoms with Crippen LogP contribution in [-0.4, -0.2) is 50.6 Å². The second-order valence-corrected chi connectivity index (χ2v) is 7.74. The first-order valence-corrected chi connectivity index (χ1v) is 10.5. The van der Waals surface area contributed by atoms with E-state index in [1.807, 2.05) is 13.0 Å². The van der Waals surface area contributed by atoms with E-state index in [0.29, 0.717) is 17.1 Å². The Balaban J connectivity index is 1.88. The van der Waals surface area contributed by atoms with Gasteiger partial charge < -0.3 is 19.5 Å². The van der Waals surface area contributed by atoms with Crippen LogP contribution in [0.15, 0.2) is 42.5 Å². The summed E-state index contributed by atoms with van der Waals surface area (Å²) in [5.74, 6) is -2.04. The fourth-order valence-corrected chi connectivity index (χ4v) is 2.95. The highest BCUT2D eigenvalue weighted by molar-refractivity contribution is 5.98. The van der Waals surface area contributed by atoms with Crippen LogP contribution in [0.25, 0.3) is 0 Å². The number of aryl methyl sites for hydroxylation is 1. The summed E-state index contributed by atoms with van der Waals surface area (Å²) < 4.78 is 15.3. The molecule has 2 aromatic carbocycles. The molecule has 0 heterocycles. The summed E-state index contributed by atoms with van der Waals surface area (Å²) in [6.45, 7) is 4.69. The van der Waals surface area contributed by atoms with Gasteiger partial charge in [0.15, 0.2) is 18.1 Å². The molecular weight excluding hydrogens is 442 g/mol. The average Bonchev–Trinajstić information content (AvgIpc) is 2.83. The number of carbonyl (C=O) groups is 4. The van der Waals surface area contributed by atoms with Crippen molar-refractivity contribution in [2.75, 3.05) is 20.8 Å². The van der Waals surface area contributed by atoms with Crippen LogP contribution >= 0.6 is 0 Å². The quantitative estimate of drug-likeness (QED) is 0.375. The van der Waals surface area contributed by atoms with E-state index in [2.05, 4.69) is 16.2 Å². The Bertz CT molecular complexity index is 1050. The van der Waals surface area contributed by atoms with Crippen LogP contribution in [0.5, 0.6) is 11.5 Å². The first kappa shape index (κ1) is 26.2. The van der Waals surface area contributed by atoms with Crippen molar-refractivity contribution in [3.8, 4) is 11.5 Å². The SMILES string of the molecule is COc1ccc(C(=O)NNC(=O)COC(=O)C(NC(=O)c2cccc(C)c2)C(C)C)cc1OC. The van der Waals surface area contributed by atoms with Crippen LogP contribution in [0.1, 0.15) is 40.1 Å². The van der Waals surface area contributed by atoms with Crippen molar-refractivity contribution in [1.29, 1.82) is 0 Å². The maximum absolute atomic E-state index is 12.5. The molecule has 182 valence electrons. The lowest BCUT2D eigenvalue weighted by atomic mass is 10.0. The summed E-state index contributed by atoms with van der Waals surface area (Å²) in [6.07, 6.45) is 0. The summed E-state index contributed by atoms with van der Waals surface area (Å²) in [6, 6.07) is 10.5. The Labute approximate surface area is 197 Å². The van der Waals surface area contributed by atoms with Crippen molar-refractivity contribution >= 4 is 23.7 Å². The van der Waals surface area contributed by atoms with Gasteiger partial charge >= 0.3 is 5.97 Å². The smallest absolute Gasteiger partial charge is 0.329 e. The summed E-state index contributed by atoms with van der Waals surface area (Å²) in [7, 11) is 2.90. The highest BCUT2D eigenvalue weighted by Crippen LogP contribution is 2.27. The zero-order valence-corrected chi connectivity index (χ0v) is 19.8. The predicted octanol–water partition coefficient (Wildman–Crippen LogP) is 1.77. The highest BCUT2D eigenvalue weighted by Gasteiger charge is 2.27. The largest absolute Gasteiger partial charge is 0.493 e. The predicted molar refractivity (Wildman–Crippen MR) is 123 cm³/mol. The van der Waals surface area contributed by atoms with Gasteiger partial charge in [-0.15, -0.1) is 0 Å². The number of esters is 1. The van der Waals surface area contributed by atoms with E-state index in [4.69, 9.17) is 14.2 Å². The topological polar surface area (TPSA) is 132 Å². The number of nitrogens with one attached hydrogen (secondary N) is 3. The molecule has 0 aliphatic heterocycles. The number of carbonyl (C=O) groups excluding carboxylic acids is 4. The third-order valence-electron chi connectivity index (χ3n) is 4.79. The van der Waals surface area contributed by atoms with Gasteiger partial charge in [-0.2, -0.15) is 0 Å². The summed E-state index contributed by atoms with van der Waals surface area (Å²) in [5.41, 5.74) is 5.93. The van der Waals surface area contributed by atoms with Crippen LogP contribution in [0.2, 0.25) is 0 Å². The Hall–Kier alpha value is -4.08. The van der Waals surface area contributed by atoms with Crippen molar-refractivity contribution in [2.45, 2.75) is 26.8 Å². The van der Waals surface area contributed by atoms with Crippen molar-refractivity contribution < 1.29 is 33.4 Å². The molecule has 0 radical (unpaired) electrons. The van der Waals surface area contributed by atoms with Crippen LogP contribution in [-0.2, 0) is 14.3 Å². The van der Waals surface area contributed by atoms with Crippen molar-refractivity contribution in [3.63, 3.8) is 0 Å². The van der Waals surface area contributed by atoms with Crippen LogP contribution in [0, 0.1) is 12.8 Å². The first-order chi connectivity index (χ1) is 16.2. The van der Waals surface area contributed by atoms with Gasteiger partial charge in [0.1, 0.15) is 6.04 Å². The second kappa shape index (κ2) is 12.2. The van der Waals surface area contributed by atoms with E-state index < -0.39 is 36.3 Å². The molecule has 0 saturated heterocycles. The molecule has 3 N–H and O–H groups in total. The molecule has 10 nitrogen and oxygen atoms in total. The molecule has 0 fully saturated rings. The molecule has 2 aromatic rings. The number of rotatable bonds is 9. The lowest BCUT2D eigenvalue weighted by Gasteiger charge is -2.21. The number of benzene rings is 2. The molecule has 2 rings (SSSR count). The fraction of sp³-hybridized carbons (Fsp3) is 0.333. The van der Waals surface area contributed by atoms with Gasteiger partial charge in [-0.1, -0.05) is 31.5 Å². The third kappa shape index (κ3) is 7.22. The Morgan fingerprint density at radius 3 is 2.15 bits per heavy atom. The van der Waals surface area contributed by atoms with Gasteiger partial charge in [-0.05, 0) is 43.2 Å². The van der Waals surface area contributed by atoms with E-state index in [1.165, 1.54) is 26.4 Å². The lowest BCUT2D eigenvalue weighted by Crippen LogP contribution is -2.47. The molecule has 0 bridgehead atoms. The summed E-state index contributed by atoms with van der Waals surface area (Å²) >= 11 is 0. The zero-order chi connectivity index (χ0) is 25.3. The van der Waals surface area contributed by atoms with Gasteiger partial charge in [-0.3, -0.25) is 25.2 Å². The molecule has 0 spiro atoms. The average molecular weight is 472 g/mol. The number of hydrazine groups is 1. The lowest BCUT2D eigenvalue weighted by molar-refractivity contribution is -0.151. The second-order valence-electron chi connectivity index (χ2n) is 7.74. The Kier molecular flexibility index (Phi) is 9.42. The van der Waals surface area contributed by atoms with Gasteiger partial charge in [0.25, 0.3) is 17.7 Å². The van der Waals surface area contributed by atoms with E-state index in [1.54, 1.807) is 38.1 Å². The molecule has 10 heteroatoms. The van der Waals surface area contributed by atoms with Crippen LogP contribution in [0.3, 0.4) is 0 Å². The maximum atomic E-state index is 12.5. The normalized spacial score (nSPS) is 11.2. The van der Waals surface area contributed by atoms with E-state index >= 15 is 0 Å². The standard InChI is InChI=1S/C24H29N3O7/c1-14(2)21(25-22(29)16-8-6-7-15(3)11-16)24(31)34-13-20(28)26-27-23(30)17-9-10-18(32-4)19(12-17)33-5/h6-12,14,21H,13H2,1-5H3,(H,25,29)(H,26,28)(H,27,30). The molecule has 1 atom stereocenters. The number of amides is 3. The van der Waals surface area contributed by atoms with Gasteiger partial charge in [0.05, 0.1) is 14.2 Å². The minimum absolute atomic E-state index is 0.216. The Morgan fingerprint density at radius 2 is 1.53 bits per heavy atom. The minimum atomic E-state index is -0.956. The van der Waals surface area contributed by atoms with Crippen LogP contribution in [0.4, 0.5) is 0 Å². The minimum Gasteiger partial charge on any atom is -0.493 e. The van der Waals surface area contributed by atoms with Crippen molar-refractivity contribution in [1.82, 2.24) is 16.2 Å². The highest BCUT2D eigenvalue weighted by atomic mass is 16.5. The van der Waals surface area contributed by atoms with E-state index in [9.17, 15) is 19.2 Å². The van der Waals surface area contributed by atoms with Crippen molar-refractivity contribution in [2.24, 2.45) is 5.92 Å². The molecule has 34 heavy (non-hydrogen) atoms. The molecular formula is C24H29N3O7. The fourth-order valence-electron chi connectivity index (χ4n) is 2.95. The molecule has 3 amide bonds. The number of hydrogen-bond donors (Lipinski definition) is 3. The van der Waals surface area contributed by atoms with Gasteiger partial charge in [-0.25, -0.2) is 4.79 Å². The molecule has 0 saturated carbocycles. The third-order valence-corrected chi connectivity index (χ3v) is 4.79. The van der Waals surface area contributed by atoms with Crippen molar-refractivity contribution in [3.05, 3.63) is 59.2 Å². The zero-order valence-electron chi connectivity index (χ0n) is 19.8. The van der Waals surface area contributed by atoms with Gasteiger partial charge in [0.2, 0.25) is 0 Å². The monoisotopic (exact) mass is 471 g/mol. The van der Waals surface area contributed by atoms with E-state index in [0.717, 1.165) is 5.56 Å². The molecule has 0 aromatic heterocycles. The Morgan fingerprint density at radius 1 is 0.853 bits per heavy atom. The van der Waals surface area contributed by atoms with E-state index in [-0.39, 0.29) is 11.5 Å². The first-order valence-electron chi connectivity index (χ1n) is 10.5. The molecule has 0 aliphatic rings. The number of hydrogen-bond acceptors (Lipinski definition) is 7. The van der Waals surface area contributed by atoms with Gasteiger partial charge in [0, 0.05) is 11.1 Å². The summed E-state index contributed by atoms with van der Waals surface area (Å²) in [4.78, 5) is 49.3.